The third-order valence-corrected chi connectivity index (χ3v) is 4.99. The molecule has 166 valence electrons. The maximum Gasteiger partial charge on any atom is 0.407 e. The van der Waals surface area contributed by atoms with Crippen LogP contribution in [0.25, 0.3) is 0 Å². The minimum atomic E-state index is -0.545. The summed E-state index contributed by atoms with van der Waals surface area (Å²) in [6, 6.07) is 15.0. The summed E-state index contributed by atoms with van der Waals surface area (Å²) in [5.41, 5.74) is 2.08. The number of nitrogens with one attached hydrogen (secondary N) is 2. The summed E-state index contributed by atoms with van der Waals surface area (Å²) >= 11 is 6.08. The third-order valence-electron chi connectivity index (χ3n) is 4.75. The highest BCUT2D eigenvalue weighted by Gasteiger charge is 2.21. The smallest absolute Gasteiger partial charge is 0.407 e. The number of anilines is 2. The lowest BCUT2D eigenvalue weighted by Gasteiger charge is -2.36. The lowest BCUT2D eigenvalue weighted by Crippen LogP contribution is -2.50. The molecule has 0 bridgehead atoms. The first-order valence-corrected chi connectivity index (χ1v) is 10.7. The molecule has 0 unspecified atom stereocenters. The van der Waals surface area contributed by atoms with Crippen LogP contribution in [-0.2, 0) is 11.3 Å². The average Bonchev–Trinajstić information content (AvgIpc) is 2.71. The first-order chi connectivity index (χ1) is 14.7. The van der Waals surface area contributed by atoms with Crippen molar-refractivity contribution in [2.45, 2.75) is 32.9 Å². The number of piperazine rings is 1. The first kappa shape index (κ1) is 22.7. The second-order valence-electron chi connectivity index (χ2n) is 8.44. The zero-order valence-corrected chi connectivity index (χ0v) is 18.9. The van der Waals surface area contributed by atoms with Crippen molar-refractivity contribution in [2.75, 3.05) is 36.4 Å². The van der Waals surface area contributed by atoms with Gasteiger partial charge >= 0.3 is 12.1 Å². The number of nitrogens with zero attached hydrogens (tertiary/aromatic N) is 2. The van der Waals surface area contributed by atoms with Gasteiger partial charge in [0.2, 0.25) is 0 Å². The Morgan fingerprint density at radius 1 is 1.03 bits per heavy atom. The topological polar surface area (TPSA) is 73.9 Å². The summed E-state index contributed by atoms with van der Waals surface area (Å²) in [7, 11) is 0. The zero-order valence-electron chi connectivity index (χ0n) is 18.2. The summed E-state index contributed by atoms with van der Waals surface area (Å²) in [6.07, 6.45) is -0.473. The van der Waals surface area contributed by atoms with Gasteiger partial charge < -0.3 is 25.2 Å². The second kappa shape index (κ2) is 9.92. The van der Waals surface area contributed by atoms with E-state index < -0.39 is 11.7 Å². The normalized spacial score (nSPS) is 14.2. The number of alkyl carbamates (subject to hydrolysis) is 1. The van der Waals surface area contributed by atoms with Crippen LogP contribution in [0.2, 0.25) is 5.02 Å². The maximum atomic E-state index is 12.7. The van der Waals surface area contributed by atoms with Crippen molar-refractivity contribution >= 4 is 35.1 Å². The highest BCUT2D eigenvalue weighted by Crippen LogP contribution is 2.21. The van der Waals surface area contributed by atoms with E-state index in [4.69, 9.17) is 16.3 Å². The SMILES string of the molecule is CC(C)(C)OC(=O)NCc1cccc(NC(=O)N2CCN(c3cccc(Cl)c3)CC2)c1. The Kier molecular flexibility index (Phi) is 7.28. The van der Waals surface area contributed by atoms with Crippen molar-refractivity contribution in [3.05, 3.63) is 59.1 Å². The third kappa shape index (κ3) is 7.07. The lowest BCUT2D eigenvalue weighted by atomic mass is 10.2. The molecule has 7 nitrogen and oxygen atoms in total. The molecule has 0 radical (unpaired) electrons. The molecule has 0 aliphatic carbocycles. The zero-order chi connectivity index (χ0) is 22.4. The lowest BCUT2D eigenvalue weighted by molar-refractivity contribution is 0.0523. The molecular weight excluding hydrogens is 416 g/mol. The van der Waals surface area contributed by atoms with Gasteiger partial charge in [-0.3, -0.25) is 0 Å². The Bertz CT molecular complexity index is 921. The molecule has 1 saturated heterocycles. The predicted octanol–water partition coefficient (Wildman–Crippen LogP) is 4.72. The summed E-state index contributed by atoms with van der Waals surface area (Å²) in [4.78, 5) is 28.5. The van der Waals surface area contributed by atoms with Crippen LogP contribution in [0.15, 0.2) is 48.5 Å². The van der Waals surface area contributed by atoms with Crippen LogP contribution >= 0.6 is 11.6 Å². The Morgan fingerprint density at radius 3 is 2.42 bits per heavy atom. The van der Waals surface area contributed by atoms with Crippen LogP contribution in [0.5, 0.6) is 0 Å². The number of carbonyl (C=O) groups excluding carboxylic acids is 2. The van der Waals surface area contributed by atoms with E-state index in [0.717, 1.165) is 24.3 Å². The second-order valence-corrected chi connectivity index (χ2v) is 8.88. The van der Waals surface area contributed by atoms with Gasteiger partial charge in [0.05, 0.1) is 0 Å². The Hall–Kier alpha value is -2.93. The van der Waals surface area contributed by atoms with Gasteiger partial charge in [0.15, 0.2) is 0 Å². The van der Waals surface area contributed by atoms with Crippen molar-refractivity contribution in [1.82, 2.24) is 10.2 Å². The van der Waals surface area contributed by atoms with E-state index in [1.807, 2.05) is 69.3 Å². The monoisotopic (exact) mass is 444 g/mol. The number of urea groups is 1. The van der Waals surface area contributed by atoms with Gasteiger partial charge in [0, 0.05) is 49.1 Å². The van der Waals surface area contributed by atoms with Gasteiger partial charge in [-0.25, -0.2) is 9.59 Å². The van der Waals surface area contributed by atoms with Crippen molar-refractivity contribution in [3.63, 3.8) is 0 Å². The molecule has 1 aliphatic heterocycles. The fraction of sp³-hybridized carbons (Fsp3) is 0.391. The summed E-state index contributed by atoms with van der Waals surface area (Å²) < 4.78 is 5.24. The number of hydrogen-bond donors (Lipinski definition) is 2. The number of ether oxygens (including phenoxy) is 1. The van der Waals surface area contributed by atoms with E-state index in [-0.39, 0.29) is 6.03 Å². The van der Waals surface area contributed by atoms with Crippen molar-refractivity contribution < 1.29 is 14.3 Å². The van der Waals surface area contributed by atoms with Gasteiger partial charge in [-0.05, 0) is 56.7 Å². The van der Waals surface area contributed by atoms with Crippen molar-refractivity contribution in [1.29, 1.82) is 0 Å². The number of amides is 3. The van der Waals surface area contributed by atoms with Crippen molar-refractivity contribution in [3.8, 4) is 0 Å². The van der Waals surface area contributed by atoms with Crippen LogP contribution in [0, 0.1) is 0 Å². The quantitative estimate of drug-likeness (QED) is 0.715. The van der Waals surface area contributed by atoms with E-state index in [1.54, 1.807) is 4.90 Å². The van der Waals surface area contributed by atoms with E-state index in [1.165, 1.54) is 0 Å². The minimum Gasteiger partial charge on any atom is -0.444 e. The van der Waals surface area contributed by atoms with Gasteiger partial charge in [-0.1, -0.05) is 29.8 Å². The molecule has 1 heterocycles. The molecule has 2 aromatic rings. The minimum absolute atomic E-state index is 0.136. The average molecular weight is 445 g/mol. The number of benzene rings is 2. The van der Waals surface area contributed by atoms with Crippen LogP contribution in [-0.4, -0.2) is 48.8 Å². The molecular formula is C23H29ClN4O3. The van der Waals surface area contributed by atoms with E-state index in [9.17, 15) is 9.59 Å². The summed E-state index contributed by atoms with van der Waals surface area (Å²) in [6.45, 7) is 8.50. The molecule has 1 fully saturated rings. The molecule has 2 aromatic carbocycles. The Morgan fingerprint density at radius 2 is 1.74 bits per heavy atom. The molecule has 0 aromatic heterocycles. The molecule has 3 rings (SSSR count). The molecule has 8 heteroatoms. The van der Waals surface area contributed by atoms with Crippen molar-refractivity contribution in [2.24, 2.45) is 0 Å². The van der Waals surface area contributed by atoms with Crippen LogP contribution in [0.3, 0.4) is 0 Å². The van der Waals surface area contributed by atoms with Gasteiger partial charge in [-0.2, -0.15) is 0 Å². The van der Waals surface area contributed by atoms with E-state index in [0.29, 0.717) is 30.3 Å². The highest BCUT2D eigenvalue weighted by atomic mass is 35.5. The predicted molar refractivity (Wildman–Crippen MR) is 124 cm³/mol. The van der Waals surface area contributed by atoms with Gasteiger partial charge in [-0.15, -0.1) is 0 Å². The number of halogens is 1. The highest BCUT2D eigenvalue weighted by molar-refractivity contribution is 6.30. The standard InChI is InChI=1S/C23H29ClN4O3/c1-23(2,3)31-22(30)25-16-17-6-4-8-19(14-17)26-21(29)28-12-10-27(11-13-28)20-9-5-7-18(24)15-20/h4-9,14-15H,10-13,16H2,1-3H3,(H,25,30)(H,26,29). The van der Waals surface area contributed by atoms with Crippen LogP contribution in [0.4, 0.5) is 21.0 Å². The first-order valence-electron chi connectivity index (χ1n) is 10.3. The number of carbonyl (C=O) groups is 2. The van der Waals surface area contributed by atoms with Crippen LogP contribution < -0.4 is 15.5 Å². The van der Waals surface area contributed by atoms with E-state index >= 15 is 0 Å². The van der Waals surface area contributed by atoms with E-state index in [2.05, 4.69) is 15.5 Å². The molecule has 0 spiro atoms. The van der Waals surface area contributed by atoms with Gasteiger partial charge in [0.1, 0.15) is 5.60 Å². The number of hydrogen-bond acceptors (Lipinski definition) is 4. The molecule has 31 heavy (non-hydrogen) atoms. The number of rotatable bonds is 4. The maximum absolute atomic E-state index is 12.7. The summed E-state index contributed by atoms with van der Waals surface area (Å²) in [5, 5.41) is 6.38. The summed E-state index contributed by atoms with van der Waals surface area (Å²) in [5.74, 6) is 0. The van der Waals surface area contributed by atoms with Gasteiger partial charge in [0.25, 0.3) is 0 Å². The molecule has 3 amide bonds. The Labute approximate surface area is 188 Å². The van der Waals surface area contributed by atoms with Crippen LogP contribution in [0.1, 0.15) is 26.3 Å². The molecule has 0 saturated carbocycles. The Balaban J connectivity index is 1.49. The fourth-order valence-electron chi connectivity index (χ4n) is 3.29. The molecule has 1 aliphatic rings. The largest absolute Gasteiger partial charge is 0.444 e. The molecule has 2 N–H and O–H groups in total. The fourth-order valence-corrected chi connectivity index (χ4v) is 3.48. The molecule has 0 atom stereocenters.